The maximum Gasteiger partial charge on any atom is 0.308 e. The first-order valence-electron chi connectivity index (χ1n) is 14.0. The number of para-hydroxylation sites is 1. The first-order chi connectivity index (χ1) is 20.1. The standard InChI is InChI=1S/C37H29NO3/c1-26-21-23-27(24-22-26)32-25-34(39)41-37(32)31-19-11-12-20-33(31)38(35(37)40)36(28-13-5-2-6-14-28,29-15-7-3-8-16-29)30-17-9-4-10-18-30/h2-24,32H,25H2,1H3/t32-,37-/m0/s1. The molecular weight excluding hydrogens is 506 g/mol. The van der Waals surface area contributed by atoms with Gasteiger partial charge >= 0.3 is 5.97 Å². The molecule has 1 spiro atoms. The molecule has 2 heterocycles. The van der Waals surface area contributed by atoms with Crippen LogP contribution in [-0.2, 0) is 25.5 Å². The number of hydrogen-bond acceptors (Lipinski definition) is 3. The van der Waals surface area contributed by atoms with Crippen molar-refractivity contribution < 1.29 is 14.3 Å². The van der Waals surface area contributed by atoms with Crippen LogP contribution in [0, 0.1) is 6.92 Å². The Morgan fingerprint density at radius 3 is 1.68 bits per heavy atom. The normalized spacial score (nSPS) is 19.8. The van der Waals surface area contributed by atoms with Gasteiger partial charge in [0.2, 0.25) is 5.60 Å². The van der Waals surface area contributed by atoms with Crippen LogP contribution in [0.4, 0.5) is 5.69 Å². The van der Waals surface area contributed by atoms with Gasteiger partial charge in [0.15, 0.2) is 0 Å². The number of anilines is 1. The monoisotopic (exact) mass is 535 g/mol. The second-order valence-electron chi connectivity index (χ2n) is 10.8. The summed E-state index contributed by atoms with van der Waals surface area (Å²) in [7, 11) is 0. The molecule has 0 bridgehead atoms. The highest BCUT2D eigenvalue weighted by molar-refractivity contribution is 6.12. The average molecular weight is 536 g/mol. The number of ether oxygens (including phenoxy) is 1. The van der Waals surface area contributed by atoms with Crippen molar-refractivity contribution in [2.75, 3.05) is 4.90 Å². The molecule has 2 aliphatic rings. The average Bonchev–Trinajstić information content (AvgIpc) is 3.50. The van der Waals surface area contributed by atoms with Crippen molar-refractivity contribution >= 4 is 17.6 Å². The van der Waals surface area contributed by atoms with Gasteiger partial charge in [-0.3, -0.25) is 14.5 Å². The predicted octanol–water partition coefficient (Wildman–Crippen LogP) is 7.26. The van der Waals surface area contributed by atoms with Gasteiger partial charge in [-0.05, 0) is 35.2 Å². The quantitative estimate of drug-likeness (QED) is 0.176. The van der Waals surface area contributed by atoms with E-state index in [-0.39, 0.29) is 18.3 Å². The third-order valence-corrected chi connectivity index (χ3v) is 8.59. The number of esters is 1. The summed E-state index contributed by atoms with van der Waals surface area (Å²) in [5, 5.41) is 0. The third-order valence-electron chi connectivity index (χ3n) is 8.59. The van der Waals surface area contributed by atoms with E-state index in [0.29, 0.717) is 5.56 Å². The summed E-state index contributed by atoms with van der Waals surface area (Å²) in [5.74, 6) is -1.08. The Morgan fingerprint density at radius 1 is 0.659 bits per heavy atom. The largest absolute Gasteiger partial charge is 0.443 e. The molecule has 0 N–H and O–H groups in total. The van der Waals surface area contributed by atoms with Gasteiger partial charge in [0.05, 0.1) is 12.1 Å². The topological polar surface area (TPSA) is 46.6 Å². The molecule has 1 amide bonds. The SMILES string of the molecule is Cc1ccc([C@@H]2CC(=O)O[C@]23C(=O)N(C(c2ccccc2)(c2ccccc2)c2ccccc2)c2ccccc23)cc1. The molecule has 0 saturated carbocycles. The number of hydrogen-bond donors (Lipinski definition) is 0. The van der Waals surface area contributed by atoms with Gasteiger partial charge in [-0.15, -0.1) is 0 Å². The molecule has 4 nitrogen and oxygen atoms in total. The molecule has 0 unspecified atom stereocenters. The third kappa shape index (κ3) is 3.60. The summed E-state index contributed by atoms with van der Waals surface area (Å²) in [5.41, 5.74) is 3.78. The molecule has 1 fully saturated rings. The highest BCUT2D eigenvalue weighted by atomic mass is 16.6. The summed E-state index contributed by atoms with van der Waals surface area (Å²) in [4.78, 5) is 30.5. The minimum absolute atomic E-state index is 0.131. The fourth-order valence-corrected chi connectivity index (χ4v) is 6.82. The Hall–Kier alpha value is -4.96. The van der Waals surface area contributed by atoms with E-state index in [1.165, 1.54) is 0 Å². The van der Waals surface area contributed by atoms with Crippen LogP contribution in [0.5, 0.6) is 0 Å². The fourth-order valence-electron chi connectivity index (χ4n) is 6.82. The van der Waals surface area contributed by atoms with E-state index in [1.54, 1.807) is 0 Å². The molecule has 7 rings (SSSR count). The number of nitrogens with zero attached hydrogens (tertiary/aromatic N) is 1. The second kappa shape index (κ2) is 9.60. The summed E-state index contributed by atoms with van der Waals surface area (Å²) in [6.45, 7) is 2.03. The van der Waals surface area contributed by atoms with Crippen molar-refractivity contribution in [1.82, 2.24) is 0 Å². The zero-order chi connectivity index (χ0) is 28.0. The van der Waals surface area contributed by atoms with Crippen LogP contribution in [0.25, 0.3) is 0 Å². The molecule has 200 valence electrons. The fraction of sp³-hybridized carbons (Fsp3) is 0.135. The summed E-state index contributed by atoms with van der Waals surface area (Å²) in [6.07, 6.45) is 0.131. The second-order valence-corrected chi connectivity index (χ2v) is 10.8. The van der Waals surface area contributed by atoms with E-state index in [1.807, 2.05) is 115 Å². The predicted molar refractivity (Wildman–Crippen MR) is 159 cm³/mol. The lowest BCUT2D eigenvalue weighted by Gasteiger charge is -2.44. The Balaban J connectivity index is 1.56. The number of rotatable bonds is 5. The maximum atomic E-state index is 15.4. The van der Waals surface area contributed by atoms with Crippen molar-refractivity contribution in [2.45, 2.75) is 30.4 Å². The van der Waals surface area contributed by atoms with E-state index in [4.69, 9.17) is 4.74 Å². The van der Waals surface area contributed by atoms with Gasteiger partial charge in [0.1, 0.15) is 5.54 Å². The smallest absolute Gasteiger partial charge is 0.308 e. The molecule has 0 aromatic heterocycles. The van der Waals surface area contributed by atoms with E-state index >= 15 is 4.79 Å². The summed E-state index contributed by atoms with van der Waals surface area (Å²) < 4.78 is 6.25. The van der Waals surface area contributed by atoms with Crippen molar-refractivity contribution in [3.05, 3.63) is 173 Å². The number of benzene rings is 5. The van der Waals surface area contributed by atoms with Crippen LogP contribution in [0.1, 0.15) is 45.7 Å². The number of fused-ring (bicyclic) bond motifs is 2. The number of aryl methyl sites for hydroxylation is 1. The van der Waals surface area contributed by atoms with Crippen molar-refractivity contribution in [1.29, 1.82) is 0 Å². The summed E-state index contributed by atoms with van der Waals surface area (Å²) >= 11 is 0. The lowest BCUT2D eigenvalue weighted by atomic mass is 9.74. The molecule has 1 saturated heterocycles. The van der Waals surface area contributed by atoms with Crippen LogP contribution < -0.4 is 4.90 Å². The van der Waals surface area contributed by atoms with E-state index < -0.39 is 17.1 Å². The van der Waals surface area contributed by atoms with Crippen LogP contribution in [0.3, 0.4) is 0 Å². The van der Waals surface area contributed by atoms with E-state index in [0.717, 1.165) is 33.5 Å². The van der Waals surface area contributed by atoms with Crippen LogP contribution in [0.2, 0.25) is 0 Å². The van der Waals surface area contributed by atoms with Crippen molar-refractivity contribution in [3.63, 3.8) is 0 Å². The molecule has 41 heavy (non-hydrogen) atoms. The van der Waals surface area contributed by atoms with Gasteiger partial charge in [-0.25, -0.2) is 0 Å². The number of amides is 1. The van der Waals surface area contributed by atoms with Crippen molar-refractivity contribution in [3.8, 4) is 0 Å². The maximum absolute atomic E-state index is 15.4. The Bertz CT molecular complexity index is 1640. The molecule has 2 atom stereocenters. The molecule has 0 radical (unpaired) electrons. The molecule has 5 aromatic carbocycles. The Labute approximate surface area is 239 Å². The van der Waals surface area contributed by atoms with Gasteiger partial charge in [0.25, 0.3) is 5.91 Å². The zero-order valence-corrected chi connectivity index (χ0v) is 22.7. The van der Waals surface area contributed by atoms with Gasteiger partial charge in [-0.2, -0.15) is 0 Å². The van der Waals surface area contributed by atoms with Crippen LogP contribution in [0.15, 0.2) is 140 Å². The minimum atomic E-state index is -1.48. The molecule has 2 aliphatic heterocycles. The van der Waals surface area contributed by atoms with Gasteiger partial charge in [0, 0.05) is 11.5 Å². The van der Waals surface area contributed by atoms with E-state index in [9.17, 15) is 4.79 Å². The molecule has 4 heteroatoms. The number of carbonyl (C=O) groups is 2. The molecule has 5 aromatic rings. The Kier molecular flexibility index (Phi) is 5.86. The lowest BCUT2D eigenvalue weighted by Crippen LogP contribution is -2.54. The Morgan fingerprint density at radius 2 is 1.15 bits per heavy atom. The van der Waals surface area contributed by atoms with Crippen LogP contribution in [-0.4, -0.2) is 11.9 Å². The number of carbonyl (C=O) groups excluding carboxylic acids is 2. The summed E-state index contributed by atoms with van der Waals surface area (Å²) in [6, 6.07) is 46.2. The minimum Gasteiger partial charge on any atom is -0.443 e. The highest BCUT2D eigenvalue weighted by Gasteiger charge is 2.66. The lowest BCUT2D eigenvalue weighted by molar-refractivity contribution is -0.158. The van der Waals surface area contributed by atoms with Crippen LogP contribution >= 0.6 is 0 Å². The zero-order valence-electron chi connectivity index (χ0n) is 22.7. The van der Waals surface area contributed by atoms with E-state index in [2.05, 4.69) is 36.4 Å². The van der Waals surface area contributed by atoms with Gasteiger partial charge < -0.3 is 4.74 Å². The van der Waals surface area contributed by atoms with Crippen molar-refractivity contribution in [2.24, 2.45) is 0 Å². The first kappa shape index (κ1) is 25.0. The van der Waals surface area contributed by atoms with Gasteiger partial charge in [-0.1, -0.05) is 139 Å². The molecular formula is C37H29NO3. The highest BCUT2D eigenvalue weighted by Crippen LogP contribution is 2.59. The first-order valence-corrected chi connectivity index (χ1v) is 14.0. The molecule has 0 aliphatic carbocycles.